The molecule has 0 bridgehead atoms. The molecule has 1 fully saturated rings. The molecule has 0 aromatic carbocycles. The lowest BCUT2D eigenvalue weighted by atomic mass is 9.90. The molecule has 1 saturated heterocycles. The minimum Gasteiger partial charge on any atom is -0.337 e. The van der Waals surface area contributed by atoms with Gasteiger partial charge >= 0.3 is 0 Å². The van der Waals surface area contributed by atoms with Crippen LogP contribution in [0.15, 0.2) is 6.07 Å². The maximum Gasteiger partial charge on any atom is 0.263 e. The Bertz CT molecular complexity index is 427. The van der Waals surface area contributed by atoms with Crippen LogP contribution in [0.4, 0.5) is 0 Å². The summed E-state index contributed by atoms with van der Waals surface area (Å²) in [7, 11) is 0. The van der Waals surface area contributed by atoms with Crippen molar-refractivity contribution < 1.29 is 4.79 Å². The largest absolute Gasteiger partial charge is 0.337 e. The minimum atomic E-state index is 0. The first kappa shape index (κ1) is 15.5. The van der Waals surface area contributed by atoms with Crippen LogP contribution in [0.25, 0.3) is 0 Å². The molecule has 0 radical (unpaired) electrons. The summed E-state index contributed by atoms with van der Waals surface area (Å²) in [6.45, 7) is 8.55. The van der Waals surface area contributed by atoms with Crippen LogP contribution in [0, 0.1) is 19.3 Å². The Hall–Kier alpha value is -0.580. The molecule has 1 aromatic rings. The Morgan fingerprint density at radius 2 is 2.22 bits per heavy atom. The van der Waals surface area contributed by atoms with Crippen molar-refractivity contribution in [1.82, 2.24) is 4.90 Å². The summed E-state index contributed by atoms with van der Waals surface area (Å²) < 4.78 is 0. The number of aryl methyl sites for hydroxylation is 2. The van der Waals surface area contributed by atoms with Gasteiger partial charge in [0.25, 0.3) is 5.91 Å². The summed E-state index contributed by atoms with van der Waals surface area (Å²) in [5, 5.41) is 0. The van der Waals surface area contributed by atoms with E-state index in [-0.39, 0.29) is 23.7 Å². The quantitative estimate of drug-likeness (QED) is 0.909. The number of carbonyl (C=O) groups is 1. The number of amides is 1. The Kier molecular flexibility index (Phi) is 4.81. The van der Waals surface area contributed by atoms with Gasteiger partial charge in [-0.05, 0) is 43.9 Å². The summed E-state index contributed by atoms with van der Waals surface area (Å²) in [6.07, 6.45) is 1.01. The summed E-state index contributed by atoms with van der Waals surface area (Å²) in [5.74, 6) is 0.170. The first-order chi connectivity index (χ1) is 7.95. The van der Waals surface area contributed by atoms with Crippen LogP contribution < -0.4 is 5.73 Å². The van der Waals surface area contributed by atoms with Gasteiger partial charge in [0, 0.05) is 18.0 Å². The van der Waals surface area contributed by atoms with Crippen LogP contribution in [-0.2, 0) is 0 Å². The third-order valence-electron chi connectivity index (χ3n) is 3.71. The van der Waals surface area contributed by atoms with Crippen LogP contribution in [0.1, 0.15) is 33.5 Å². The number of thiophene rings is 1. The molecule has 2 rings (SSSR count). The average Bonchev–Trinajstić information content (AvgIpc) is 2.84. The van der Waals surface area contributed by atoms with Crippen molar-refractivity contribution in [3.63, 3.8) is 0 Å². The molecular formula is C13H21ClN2OS. The Morgan fingerprint density at radius 1 is 1.56 bits per heavy atom. The summed E-state index contributed by atoms with van der Waals surface area (Å²) in [6, 6.07) is 2.00. The summed E-state index contributed by atoms with van der Waals surface area (Å²) >= 11 is 1.59. The Balaban J connectivity index is 0.00000162. The van der Waals surface area contributed by atoms with Crippen LogP contribution in [0.2, 0.25) is 0 Å². The predicted molar refractivity (Wildman–Crippen MR) is 78.7 cm³/mol. The highest BCUT2D eigenvalue weighted by Gasteiger charge is 2.35. The maximum absolute atomic E-state index is 12.3. The molecule has 1 aliphatic rings. The molecule has 3 nitrogen and oxygen atoms in total. The SMILES string of the molecule is Cc1cc(C(=O)N2CCC(C)(CN)C2)sc1C.Cl. The fourth-order valence-corrected chi connectivity index (χ4v) is 3.20. The van der Waals surface area contributed by atoms with Crippen LogP contribution in [0.3, 0.4) is 0 Å². The molecule has 1 atom stereocenters. The fourth-order valence-electron chi connectivity index (χ4n) is 2.20. The molecule has 0 aliphatic carbocycles. The van der Waals surface area contributed by atoms with E-state index in [1.54, 1.807) is 11.3 Å². The lowest BCUT2D eigenvalue weighted by molar-refractivity contribution is 0.0781. The second-order valence-corrected chi connectivity index (χ2v) is 6.60. The third-order valence-corrected chi connectivity index (χ3v) is 4.86. The number of halogens is 1. The minimum absolute atomic E-state index is 0. The summed E-state index contributed by atoms with van der Waals surface area (Å²) in [5.41, 5.74) is 7.08. The highest BCUT2D eigenvalue weighted by molar-refractivity contribution is 7.14. The monoisotopic (exact) mass is 288 g/mol. The highest BCUT2D eigenvalue weighted by atomic mass is 35.5. The van der Waals surface area contributed by atoms with Crippen molar-refractivity contribution in [2.75, 3.05) is 19.6 Å². The van der Waals surface area contributed by atoms with E-state index in [4.69, 9.17) is 5.73 Å². The van der Waals surface area contributed by atoms with E-state index in [0.717, 1.165) is 24.4 Å². The zero-order valence-electron chi connectivity index (χ0n) is 11.2. The van der Waals surface area contributed by atoms with Crippen molar-refractivity contribution in [2.45, 2.75) is 27.2 Å². The number of likely N-dealkylation sites (tertiary alicyclic amines) is 1. The van der Waals surface area contributed by atoms with E-state index in [0.29, 0.717) is 6.54 Å². The van der Waals surface area contributed by atoms with Crippen molar-refractivity contribution in [2.24, 2.45) is 11.1 Å². The van der Waals surface area contributed by atoms with E-state index < -0.39 is 0 Å². The van der Waals surface area contributed by atoms with Crippen molar-refractivity contribution >= 4 is 29.7 Å². The van der Waals surface area contributed by atoms with Gasteiger partial charge in [-0.25, -0.2) is 0 Å². The van der Waals surface area contributed by atoms with Crippen LogP contribution >= 0.6 is 23.7 Å². The molecule has 0 saturated carbocycles. The molecule has 1 unspecified atom stereocenters. The molecule has 1 aliphatic heterocycles. The Labute approximate surface area is 119 Å². The van der Waals surface area contributed by atoms with Gasteiger partial charge in [0.2, 0.25) is 0 Å². The predicted octanol–water partition coefficient (Wildman–Crippen LogP) is 2.60. The average molecular weight is 289 g/mol. The number of nitrogens with two attached hydrogens (primary N) is 1. The standard InChI is InChI=1S/C13H20N2OS.ClH/c1-9-6-11(17-10(9)2)12(16)15-5-4-13(3,7-14)8-15;/h6H,4-5,7-8,14H2,1-3H3;1H. The number of carbonyl (C=O) groups excluding carboxylic acids is 1. The number of hydrogen-bond acceptors (Lipinski definition) is 3. The highest BCUT2D eigenvalue weighted by Crippen LogP contribution is 2.31. The first-order valence-electron chi connectivity index (χ1n) is 6.01. The van der Waals surface area contributed by atoms with Gasteiger partial charge in [-0.3, -0.25) is 4.79 Å². The van der Waals surface area contributed by atoms with Crippen LogP contribution in [-0.4, -0.2) is 30.4 Å². The van der Waals surface area contributed by atoms with Gasteiger partial charge in [0.05, 0.1) is 4.88 Å². The number of hydrogen-bond donors (Lipinski definition) is 1. The molecular weight excluding hydrogens is 268 g/mol. The normalized spacial score (nSPS) is 23.0. The molecule has 5 heteroatoms. The van der Waals surface area contributed by atoms with Gasteiger partial charge in [0.1, 0.15) is 0 Å². The topological polar surface area (TPSA) is 46.3 Å². The molecule has 102 valence electrons. The van der Waals surface area contributed by atoms with E-state index >= 15 is 0 Å². The maximum atomic E-state index is 12.3. The molecule has 2 N–H and O–H groups in total. The van der Waals surface area contributed by atoms with Crippen molar-refractivity contribution in [1.29, 1.82) is 0 Å². The van der Waals surface area contributed by atoms with Gasteiger partial charge in [-0.1, -0.05) is 6.92 Å². The molecule has 2 heterocycles. The van der Waals surface area contributed by atoms with Crippen molar-refractivity contribution in [3.8, 4) is 0 Å². The van der Waals surface area contributed by atoms with E-state index in [1.807, 2.05) is 11.0 Å². The van der Waals surface area contributed by atoms with E-state index in [9.17, 15) is 4.79 Å². The summed E-state index contributed by atoms with van der Waals surface area (Å²) in [4.78, 5) is 16.3. The molecule has 0 spiro atoms. The Morgan fingerprint density at radius 3 is 2.67 bits per heavy atom. The fraction of sp³-hybridized carbons (Fsp3) is 0.615. The lowest BCUT2D eigenvalue weighted by Gasteiger charge is -2.22. The molecule has 1 amide bonds. The third kappa shape index (κ3) is 2.87. The van der Waals surface area contributed by atoms with Crippen LogP contribution in [0.5, 0.6) is 0 Å². The second-order valence-electron chi connectivity index (χ2n) is 5.34. The molecule has 18 heavy (non-hydrogen) atoms. The molecule has 1 aromatic heterocycles. The van der Waals surface area contributed by atoms with Gasteiger partial charge in [-0.2, -0.15) is 0 Å². The zero-order valence-corrected chi connectivity index (χ0v) is 12.8. The van der Waals surface area contributed by atoms with Crippen molar-refractivity contribution in [3.05, 3.63) is 21.4 Å². The van der Waals surface area contributed by atoms with Gasteiger partial charge < -0.3 is 10.6 Å². The number of nitrogens with zero attached hydrogens (tertiary/aromatic N) is 1. The first-order valence-corrected chi connectivity index (χ1v) is 6.83. The second kappa shape index (κ2) is 5.59. The number of rotatable bonds is 2. The van der Waals surface area contributed by atoms with Gasteiger partial charge in [0.15, 0.2) is 0 Å². The van der Waals surface area contributed by atoms with Gasteiger partial charge in [-0.15, -0.1) is 23.7 Å². The zero-order chi connectivity index (χ0) is 12.6. The smallest absolute Gasteiger partial charge is 0.263 e. The van der Waals surface area contributed by atoms with E-state index in [1.165, 1.54) is 10.4 Å². The van der Waals surface area contributed by atoms with E-state index in [2.05, 4.69) is 20.8 Å². The lowest BCUT2D eigenvalue weighted by Crippen LogP contribution is -2.34.